The number of anilines is 1. The van der Waals surface area contributed by atoms with E-state index in [2.05, 4.69) is 60.9 Å². The summed E-state index contributed by atoms with van der Waals surface area (Å²) in [5, 5.41) is 6.14. The summed E-state index contributed by atoms with van der Waals surface area (Å²) >= 11 is 6.35. The Morgan fingerprint density at radius 2 is 1.52 bits per heavy atom. The third-order valence-corrected chi connectivity index (χ3v) is 11.2. The summed E-state index contributed by atoms with van der Waals surface area (Å²) in [6.45, 7) is 4.45. The first-order valence-corrected chi connectivity index (χ1v) is 17.0. The minimum Gasteiger partial charge on any atom is -0.458 e. The number of fused-ring (bicyclic) bond motifs is 1. The number of aliphatic imine (C=N–C) groups is 1. The highest BCUT2D eigenvalue weighted by Crippen LogP contribution is 2.55. The smallest absolute Gasteiger partial charge is 0.238 e. The molecule has 0 radical (unpaired) electrons. The summed E-state index contributed by atoms with van der Waals surface area (Å²) in [5.74, 6) is 2.84. The molecule has 0 aromatic heterocycles. The monoisotopic (exact) mass is 587 g/mol. The van der Waals surface area contributed by atoms with Crippen LogP contribution in [-0.4, -0.2) is 21.7 Å². The van der Waals surface area contributed by atoms with Crippen molar-refractivity contribution in [1.29, 1.82) is 0 Å². The second kappa shape index (κ2) is 10.8. The molecule has 9 heteroatoms. The Balaban J connectivity index is 1.43. The molecule has 0 fully saturated rings. The summed E-state index contributed by atoms with van der Waals surface area (Å²) in [4.78, 5) is 6.70. The van der Waals surface area contributed by atoms with E-state index in [0.29, 0.717) is 11.4 Å². The normalized spacial score (nSPS) is 17.1. The SMILES string of the molecule is CN1/C(=C/P(=S)(Oc2ccc(C=Nc3ccc(S(N)(=O)=O)cc3)cc2)c2ccccc2)C(C)(C)c2ccccc21. The standard InChI is InChI=1S/C31H30N3O3PS2/c1-31(2)28-11-7-8-12-29(28)34(3)30(31)22-38(39,26-9-5-4-6-10-26)37-25-17-13-23(14-18-25)21-33-24-15-19-27(20-16-24)40(32,35)36/h4-22H,1-3H3,(H2,32,35,36)/b30-22+,33-21?. The zero-order valence-electron chi connectivity index (χ0n) is 22.4. The molecule has 5 rings (SSSR count). The lowest BCUT2D eigenvalue weighted by Crippen LogP contribution is -2.24. The van der Waals surface area contributed by atoms with Crippen molar-refractivity contribution in [3.63, 3.8) is 0 Å². The third kappa shape index (κ3) is 5.67. The van der Waals surface area contributed by atoms with Gasteiger partial charge in [0.25, 0.3) is 0 Å². The number of rotatable bonds is 7. The largest absolute Gasteiger partial charge is 0.458 e. The predicted molar refractivity (Wildman–Crippen MR) is 168 cm³/mol. The van der Waals surface area contributed by atoms with Gasteiger partial charge in [-0.15, -0.1) is 0 Å². The van der Waals surface area contributed by atoms with Crippen molar-refractivity contribution in [2.45, 2.75) is 24.2 Å². The van der Waals surface area contributed by atoms with Gasteiger partial charge >= 0.3 is 0 Å². The maximum atomic E-state index is 11.5. The molecule has 6 nitrogen and oxygen atoms in total. The van der Waals surface area contributed by atoms with Crippen molar-refractivity contribution in [2.24, 2.45) is 10.1 Å². The van der Waals surface area contributed by atoms with Gasteiger partial charge in [0.1, 0.15) is 5.75 Å². The van der Waals surface area contributed by atoms with Crippen molar-refractivity contribution in [3.05, 3.63) is 126 Å². The molecule has 1 unspecified atom stereocenters. The van der Waals surface area contributed by atoms with Crippen LogP contribution in [-0.2, 0) is 27.2 Å². The minimum absolute atomic E-state index is 0.0492. The van der Waals surface area contributed by atoms with Crippen LogP contribution in [0.25, 0.3) is 0 Å². The second-order valence-electron chi connectivity index (χ2n) is 10.1. The van der Waals surface area contributed by atoms with E-state index in [4.69, 9.17) is 21.5 Å². The molecule has 40 heavy (non-hydrogen) atoms. The summed E-state index contributed by atoms with van der Waals surface area (Å²) in [6.07, 6.45) is -0.942. The van der Waals surface area contributed by atoms with Crippen LogP contribution < -0.4 is 19.9 Å². The Bertz CT molecular complexity index is 1750. The maximum Gasteiger partial charge on any atom is 0.238 e. The van der Waals surface area contributed by atoms with Gasteiger partial charge in [0.15, 0.2) is 6.26 Å². The van der Waals surface area contributed by atoms with Crippen molar-refractivity contribution >= 4 is 51.0 Å². The van der Waals surface area contributed by atoms with Crippen LogP contribution in [0.3, 0.4) is 0 Å². The van der Waals surface area contributed by atoms with Crippen LogP contribution in [0.2, 0.25) is 0 Å². The first-order valence-electron chi connectivity index (χ1n) is 12.7. The molecule has 0 aliphatic carbocycles. The van der Waals surface area contributed by atoms with Gasteiger partial charge in [-0.3, -0.25) is 4.99 Å². The molecule has 0 amide bonds. The molecule has 4 aromatic rings. The number of hydrogen-bond acceptors (Lipinski definition) is 6. The molecule has 1 heterocycles. The van der Waals surface area contributed by atoms with Crippen LogP contribution in [0, 0.1) is 0 Å². The number of nitrogens with zero attached hydrogens (tertiary/aromatic N) is 2. The van der Waals surface area contributed by atoms with Gasteiger partial charge in [0.2, 0.25) is 10.0 Å². The van der Waals surface area contributed by atoms with Crippen molar-refractivity contribution in [3.8, 4) is 5.75 Å². The van der Waals surface area contributed by atoms with Gasteiger partial charge in [0, 0.05) is 41.2 Å². The van der Waals surface area contributed by atoms with Crippen LogP contribution in [0.5, 0.6) is 5.75 Å². The van der Waals surface area contributed by atoms with Gasteiger partial charge in [-0.2, -0.15) is 0 Å². The lowest BCUT2D eigenvalue weighted by atomic mass is 9.84. The highest BCUT2D eigenvalue weighted by molar-refractivity contribution is 8.17. The van der Waals surface area contributed by atoms with Gasteiger partial charge in [-0.1, -0.05) is 62.4 Å². The minimum atomic E-state index is -3.74. The Kier molecular flexibility index (Phi) is 7.55. The maximum absolute atomic E-state index is 11.5. The highest BCUT2D eigenvalue weighted by atomic mass is 32.4. The second-order valence-corrected chi connectivity index (χ2v) is 15.4. The van der Waals surface area contributed by atoms with Crippen molar-refractivity contribution < 1.29 is 12.9 Å². The van der Waals surface area contributed by atoms with Gasteiger partial charge in [0.05, 0.1) is 10.6 Å². The number of benzene rings is 4. The lowest BCUT2D eigenvalue weighted by molar-refractivity contribution is 0.598. The topological polar surface area (TPSA) is 85.0 Å². The van der Waals surface area contributed by atoms with E-state index >= 15 is 0 Å². The Morgan fingerprint density at radius 3 is 2.15 bits per heavy atom. The van der Waals surface area contributed by atoms with Gasteiger partial charge in [-0.25, -0.2) is 13.6 Å². The quantitative estimate of drug-likeness (QED) is 0.198. The van der Waals surface area contributed by atoms with Crippen molar-refractivity contribution in [1.82, 2.24) is 0 Å². The number of hydrogen-bond donors (Lipinski definition) is 1. The first kappa shape index (κ1) is 28.0. The summed E-state index contributed by atoms with van der Waals surface area (Å²) in [5.41, 5.74) is 4.82. The highest BCUT2D eigenvalue weighted by Gasteiger charge is 2.40. The van der Waals surface area contributed by atoms with E-state index in [0.717, 1.165) is 16.6 Å². The van der Waals surface area contributed by atoms with Crippen molar-refractivity contribution in [2.75, 3.05) is 11.9 Å². The fourth-order valence-electron chi connectivity index (χ4n) is 4.82. The van der Waals surface area contributed by atoms with Crippen LogP contribution in [0.1, 0.15) is 25.0 Å². The van der Waals surface area contributed by atoms with Crippen LogP contribution >= 0.6 is 6.26 Å². The Hall–Kier alpha value is -3.55. The van der Waals surface area contributed by atoms with E-state index in [-0.39, 0.29) is 10.3 Å². The lowest BCUT2D eigenvalue weighted by Gasteiger charge is -2.28. The average molecular weight is 588 g/mol. The van der Waals surface area contributed by atoms with E-state index < -0.39 is 16.3 Å². The van der Waals surface area contributed by atoms with E-state index in [1.807, 2.05) is 54.6 Å². The number of para-hydroxylation sites is 1. The molecule has 1 atom stereocenters. The fraction of sp³-hybridized carbons (Fsp3) is 0.129. The van der Waals surface area contributed by atoms with Gasteiger partial charge < -0.3 is 9.42 Å². The molecular weight excluding hydrogens is 557 g/mol. The Labute approximate surface area is 241 Å². The van der Waals surface area contributed by atoms with E-state index in [9.17, 15) is 8.42 Å². The molecule has 0 bridgehead atoms. The fourth-order valence-corrected chi connectivity index (χ4v) is 8.41. The number of allylic oxidation sites excluding steroid dienone is 1. The predicted octanol–water partition coefficient (Wildman–Crippen LogP) is 6.45. The molecule has 204 valence electrons. The number of nitrogens with two attached hydrogens (primary N) is 1. The van der Waals surface area contributed by atoms with Crippen LogP contribution in [0.4, 0.5) is 11.4 Å². The van der Waals surface area contributed by atoms with Gasteiger partial charge in [-0.05, 0) is 77.5 Å². The zero-order valence-corrected chi connectivity index (χ0v) is 25.0. The molecule has 0 spiro atoms. The molecule has 0 saturated heterocycles. The number of likely N-dealkylation sites (N-methyl/N-ethyl adjacent to an activating group) is 1. The number of sulfonamides is 1. The van der Waals surface area contributed by atoms with E-state index in [1.54, 1.807) is 18.3 Å². The first-order chi connectivity index (χ1) is 19.0. The molecule has 1 aliphatic rings. The summed E-state index contributed by atoms with van der Waals surface area (Å²) < 4.78 is 29.6. The average Bonchev–Trinajstić information content (AvgIpc) is 3.13. The Morgan fingerprint density at radius 1 is 0.900 bits per heavy atom. The zero-order chi connectivity index (χ0) is 28.5. The number of primary sulfonamides is 1. The molecule has 2 N–H and O–H groups in total. The summed E-state index contributed by atoms with van der Waals surface area (Å²) in [7, 11) is -1.65. The molecular formula is C31H30N3O3PS2. The molecule has 0 saturated carbocycles. The van der Waals surface area contributed by atoms with Crippen LogP contribution in [0.15, 0.2) is 125 Å². The molecule has 4 aromatic carbocycles. The van der Waals surface area contributed by atoms with E-state index in [1.165, 1.54) is 23.4 Å². The summed E-state index contributed by atoms with van der Waals surface area (Å²) in [6, 6.07) is 32.2. The molecule has 1 aliphatic heterocycles. The third-order valence-electron chi connectivity index (χ3n) is 7.00.